The molecule has 15 heavy (non-hydrogen) atoms. The van der Waals surface area contributed by atoms with Crippen molar-refractivity contribution < 1.29 is 5.11 Å². The molecule has 1 rings (SSSR count). The van der Waals surface area contributed by atoms with E-state index in [1.54, 1.807) is 11.3 Å². The van der Waals surface area contributed by atoms with Gasteiger partial charge in [0.2, 0.25) is 0 Å². The van der Waals surface area contributed by atoms with Gasteiger partial charge in [0.1, 0.15) is 0 Å². The zero-order valence-electron chi connectivity index (χ0n) is 9.22. The average molecular weight is 292 g/mol. The Hall–Kier alpha value is 0.1000. The Bertz CT molecular complexity index is 299. The van der Waals surface area contributed by atoms with Crippen LogP contribution in [-0.2, 0) is 6.42 Å². The van der Waals surface area contributed by atoms with Gasteiger partial charge >= 0.3 is 0 Å². The average Bonchev–Trinajstić information content (AvgIpc) is 2.50. The summed E-state index contributed by atoms with van der Waals surface area (Å²) in [5, 5.41) is 15.4. The number of nitrogens with one attached hydrogen (secondary N) is 1. The predicted molar refractivity (Wildman–Crippen MR) is 69.5 cm³/mol. The first-order valence-electron chi connectivity index (χ1n) is 5.19. The van der Waals surface area contributed by atoms with Crippen molar-refractivity contribution in [2.75, 3.05) is 13.1 Å². The first-order chi connectivity index (χ1) is 7.03. The summed E-state index contributed by atoms with van der Waals surface area (Å²) in [5.41, 5.74) is -0.605. The van der Waals surface area contributed by atoms with Crippen molar-refractivity contribution in [3.8, 4) is 0 Å². The van der Waals surface area contributed by atoms with E-state index in [-0.39, 0.29) is 0 Å². The van der Waals surface area contributed by atoms with E-state index in [1.165, 1.54) is 4.88 Å². The molecule has 1 heterocycles. The molecule has 0 aromatic carbocycles. The Morgan fingerprint density at radius 3 is 2.87 bits per heavy atom. The zero-order chi connectivity index (χ0) is 11.3. The molecule has 0 spiro atoms. The summed E-state index contributed by atoms with van der Waals surface area (Å²) in [6, 6.07) is 2.08. The molecule has 86 valence electrons. The minimum atomic E-state index is -0.605. The van der Waals surface area contributed by atoms with Crippen molar-refractivity contribution in [3.63, 3.8) is 0 Å². The van der Waals surface area contributed by atoms with Gasteiger partial charge in [0.25, 0.3) is 0 Å². The fourth-order valence-corrected chi connectivity index (χ4v) is 3.07. The standard InChI is InChI=1S/C11H18BrNOS/c1-3-13-5-4-11(2,14)7-10-6-9(12)8-15-10/h6,8,13-14H,3-5,7H2,1-2H3. The lowest BCUT2D eigenvalue weighted by Gasteiger charge is -2.22. The van der Waals surface area contributed by atoms with E-state index in [0.717, 1.165) is 30.4 Å². The maximum atomic E-state index is 10.2. The van der Waals surface area contributed by atoms with E-state index < -0.39 is 5.60 Å². The summed E-state index contributed by atoms with van der Waals surface area (Å²) in [4.78, 5) is 1.23. The molecule has 0 bridgehead atoms. The quantitative estimate of drug-likeness (QED) is 0.790. The third-order valence-electron chi connectivity index (χ3n) is 2.27. The maximum absolute atomic E-state index is 10.2. The lowest BCUT2D eigenvalue weighted by molar-refractivity contribution is 0.0525. The molecule has 0 saturated carbocycles. The van der Waals surface area contributed by atoms with Crippen LogP contribution >= 0.6 is 27.3 Å². The largest absolute Gasteiger partial charge is 0.390 e. The van der Waals surface area contributed by atoms with Crippen LogP contribution in [0.1, 0.15) is 25.1 Å². The summed E-state index contributed by atoms with van der Waals surface area (Å²) in [6.45, 7) is 5.81. The number of aliphatic hydroxyl groups is 1. The predicted octanol–water partition coefficient (Wildman–Crippen LogP) is 2.80. The number of rotatable bonds is 6. The van der Waals surface area contributed by atoms with Crippen LogP contribution < -0.4 is 5.32 Å². The fraction of sp³-hybridized carbons (Fsp3) is 0.636. The van der Waals surface area contributed by atoms with Crippen molar-refractivity contribution in [1.29, 1.82) is 0 Å². The van der Waals surface area contributed by atoms with E-state index in [0.29, 0.717) is 0 Å². The molecule has 0 saturated heterocycles. The summed E-state index contributed by atoms with van der Waals surface area (Å²) >= 11 is 5.11. The van der Waals surface area contributed by atoms with E-state index in [4.69, 9.17) is 0 Å². The van der Waals surface area contributed by atoms with Gasteiger partial charge in [-0.3, -0.25) is 0 Å². The monoisotopic (exact) mass is 291 g/mol. The highest BCUT2D eigenvalue weighted by molar-refractivity contribution is 9.10. The Balaban J connectivity index is 2.41. The van der Waals surface area contributed by atoms with Gasteiger partial charge in [-0.25, -0.2) is 0 Å². The Morgan fingerprint density at radius 2 is 2.33 bits per heavy atom. The summed E-state index contributed by atoms with van der Waals surface area (Å²) < 4.78 is 1.10. The molecular weight excluding hydrogens is 274 g/mol. The molecule has 0 aliphatic rings. The molecule has 2 N–H and O–H groups in total. The second-order valence-electron chi connectivity index (χ2n) is 4.01. The first-order valence-corrected chi connectivity index (χ1v) is 6.87. The normalized spacial score (nSPS) is 15.2. The van der Waals surface area contributed by atoms with Gasteiger partial charge in [0, 0.05) is 21.2 Å². The third-order valence-corrected chi connectivity index (χ3v) is 3.96. The maximum Gasteiger partial charge on any atom is 0.0679 e. The highest BCUT2D eigenvalue weighted by Crippen LogP contribution is 2.25. The highest BCUT2D eigenvalue weighted by atomic mass is 79.9. The summed E-state index contributed by atoms with van der Waals surface area (Å²) in [7, 11) is 0. The van der Waals surface area contributed by atoms with Crippen LogP contribution in [0.5, 0.6) is 0 Å². The number of hydrogen-bond acceptors (Lipinski definition) is 3. The van der Waals surface area contributed by atoms with Crippen molar-refractivity contribution in [1.82, 2.24) is 5.32 Å². The smallest absolute Gasteiger partial charge is 0.0679 e. The number of halogens is 1. The topological polar surface area (TPSA) is 32.3 Å². The third kappa shape index (κ3) is 5.11. The number of thiophene rings is 1. The second-order valence-corrected chi connectivity index (χ2v) is 5.92. The highest BCUT2D eigenvalue weighted by Gasteiger charge is 2.21. The van der Waals surface area contributed by atoms with Crippen molar-refractivity contribution in [2.45, 2.75) is 32.3 Å². The molecule has 1 atom stereocenters. The molecule has 0 radical (unpaired) electrons. The fourth-order valence-electron chi connectivity index (χ4n) is 1.44. The molecular formula is C11H18BrNOS. The Morgan fingerprint density at radius 1 is 1.60 bits per heavy atom. The van der Waals surface area contributed by atoms with Crippen LogP contribution in [0.15, 0.2) is 15.9 Å². The SMILES string of the molecule is CCNCCC(C)(O)Cc1cc(Br)cs1. The van der Waals surface area contributed by atoms with Crippen LogP contribution in [0.4, 0.5) is 0 Å². The van der Waals surface area contributed by atoms with Crippen LogP contribution in [-0.4, -0.2) is 23.8 Å². The van der Waals surface area contributed by atoms with Gasteiger partial charge in [-0.05, 0) is 48.4 Å². The molecule has 1 unspecified atom stereocenters. The Labute approximate surface area is 104 Å². The van der Waals surface area contributed by atoms with E-state index in [1.807, 2.05) is 6.92 Å². The van der Waals surface area contributed by atoms with E-state index in [9.17, 15) is 5.11 Å². The van der Waals surface area contributed by atoms with Gasteiger partial charge in [0.15, 0.2) is 0 Å². The van der Waals surface area contributed by atoms with Gasteiger partial charge in [-0.15, -0.1) is 11.3 Å². The van der Waals surface area contributed by atoms with Crippen molar-refractivity contribution >= 4 is 27.3 Å². The second kappa shape index (κ2) is 5.99. The van der Waals surface area contributed by atoms with Crippen molar-refractivity contribution in [3.05, 3.63) is 20.8 Å². The summed E-state index contributed by atoms with van der Waals surface area (Å²) in [5.74, 6) is 0. The molecule has 1 aromatic rings. The van der Waals surface area contributed by atoms with Gasteiger partial charge < -0.3 is 10.4 Å². The molecule has 4 heteroatoms. The molecule has 1 aromatic heterocycles. The van der Waals surface area contributed by atoms with Crippen LogP contribution in [0, 0.1) is 0 Å². The van der Waals surface area contributed by atoms with Crippen LogP contribution in [0.2, 0.25) is 0 Å². The van der Waals surface area contributed by atoms with Gasteiger partial charge in [-0.1, -0.05) is 6.92 Å². The lowest BCUT2D eigenvalue weighted by Crippen LogP contribution is -2.31. The molecule has 0 amide bonds. The first kappa shape index (κ1) is 13.2. The minimum Gasteiger partial charge on any atom is -0.390 e. The van der Waals surface area contributed by atoms with Crippen molar-refractivity contribution in [2.24, 2.45) is 0 Å². The molecule has 2 nitrogen and oxygen atoms in total. The van der Waals surface area contributed by atoms with E-state index in [2.05, 4.69) is 39.6 Å². The minimum absolute atomic E-state index is 0.605. The lowest BCUT2D eigenvalue weighted by atomic mass is 9.97. The van der Waals surface area contributed by atoms with Gasteiger partial charge in [-0.2, -0.15) is 0 Å². The van der Waals surface area contributed by atoms with Crippen LogP contribution in [0.25, 0.3) is 0 Å². The number of hydrogen-bond donors (Lipinski definition) is 2. The van der Waals surface area contributed by atoms with E-state index >= 15 is 0 Å². The van der Waals surface area contributed by atoms with Gasteiger partial charge in [0.05, 0.1) is 5.60 Å². The summed E-state index contributed by atoms with van der Waals surface area (Å²) in [6.07, 6.45) is 1.52. The zero-order valence-corrected chi connectivity index (χ0v) is 11.6. The van der Waals surface area contributed by atoms with Crippen LogP contribution in [0.3, 0.4) is 0 Å². The Kier molecular flexibility index (Phi) is 5.26. The molecule has 0 aliphatic carbocycles. The molecule has 0 fully saturated rings. The molecule has 0 aliphatic heterocycles.